The predicted octanol–water partition coefficient (Wildman–Crippen LogP) is 4.52. The van der Waals surface area contributed by atoms with Crippen LogP contribution in [0.4, 0.5) is 5.69 Å². The molecule has 0 spiro atoms. The molecule has 0 aliphatic heterocycles. The van der Waals surface area contributed by atoms with E-state index in [4.69, 9.17) is 0 Å². The highest BCUT2D eigenvalue weighted by molar-refractivity contribution is 5.96. The molecule has 1 aromatic rings. The van der Waals surface area contributed by atoms with E-state index in [1.165, 1.54) is 25.7 Å². The standard InChI is InChI=1S/C17H25NO/c1-3-17(19)14-8-10-16(11-9-14)18-12-15-7-5-4-6-13(15)2/h8-11,13,15,18H,3-7,12H2,1-2H3. The molecule has 0 bridgehead atoms. The van der Waals surface area contributed by atoms with Gasteiger partial charge in [-0.2, -0.15) is 0 Å². The molecule has 0 amide bonds. The monoisotopic (exact) mass is 259 g/mol. The second-order valence-electron chi connectivity index (χ2n) is 5.76. The largest absolute Gasteiger partial charge is 0.385 e. The van der Waals surface area contributed by atoms with Gasteiger partial charge in [-0.1, -0.05) is 33.1 Å². The molecule has 0 heterocycles. The number of carbonyl (C=O) groups excluding carboxylic acids is 1. The van der Waals surface area contributed by atoms with Crippen LogP contribution in [0.2, 0.25) is 0 Å². The van der Waals surface area contributed by atoms with Gasteiger partial charge in [0.15, 0.2) is 5.78 Å². The Morgan fingerprint density at radius 2 is 1.89 bits per heavy atom. The lowest BCUT2D eigenvalue weighted by Gasteiger charge is -2.29. The van der Waals surface area contributed by atoms with Crippen LogP contribution in [-0.4, -0.2) is 12.3 Å². The first-order valence-corrected chi connectivity index (χ1v) is 7.58. The Morgan fingerprint density at radius 3 is 2.53 bits per heavy atom. The van der Waals surface area contributed by atoms with Crippen LogP contribution in [0.1, 0.15) is 56.3 Å². The fraction of sp³-hybridized carbons (Fsp3) is 0.588. The number of nitrogens with one attached hydrogen (secondary N) is 1. The highest BCUT2D eigenvalue weighted by atomic mass is 16.1. The summed E-state index contributed by atoms with van der Waals surface area (Å²) in [6.07, 6.45) is 6.06. The van der Waals surface area contributed by atoms with Crippen molar-refractivity contribution in [3.8, 4) is 0 Å². The van der Waals surface area contributed by atoms with Crippen molar-refractivity contribution in [2.24, 2.45) is 11.8 Å². The maximum atomic E-state index is 11.6. The van der Waals surface area contributed by atoms with E-state index in [2.05, 4.69) is 12.2 Å². The van der Waals surface area contributed by atoms with Gasteiger partial charge < -0.3 is 5.32 Å². The van der Waals surface area contributed by atoms with E-state index in [1.54, 1.807) is 0 Å². The Bertz CT molecular complexity index is 410. The predicted molar refractivity (Wildman–Crippen MR) is 80.7 cm³/mol. The SMILES string of the molecule is CCC(=O)c1ccc(NCC2CCCCC2C)cc1. The smallest absolute Gasteiger partial charge is 0.162 e. The van der Waals surface area contributed by atoms with Crippen molar-refractivity contribution in [3.63, 3.8) is 0 Å². The van der Waals surface area contributed by atoms with Crippen molar-refractivity contribution < 1.29 is 4.79 Å². The Morgan fingerprint density at radius 1 is 1.21 bits per heavy atom. The van der Waals surface area contributed by atoms with E-state index >= 15 is 0 Å². The fourth-order valence-corrected chi connectivity index (χ4v) is 2.92. The fourth-order valence-electron chi connectivity index (χ4n) is 2.92. The number of hydrogen-bond donors (Lipinski definition) is 1. The topological polar surface area (TPSA) is 29.1 Å². The van der Waals surface area contributed by atoms with E-state index < -0.39 is 0 Å². The third-order valence-corrected chi connectivity index (χ3v) is 4.39. The van der Waals surface area contributed by atoms with Gasteiger partial charge in [0, 0.05) is 24.2 Å². The van der Waals surface area contributed by atoms with Crippen LogP contribution in [-0.2, 0) is 0 Å². The molecule has 2 nitrogen and oxygen atoms in total. The van der Waals surface area contributed by atoms with Crippen molar-refractivity contribution >= 4 is 11.5 Å². The molecule has 0 aromatic heterocycles. The minimum Gasteiger partial charge on any atom is -0.385 e. The number of ketones is 1. The molecular formula is C17H25NO. The molecule has 1 N–H and O–H groups in total. The molecule has 0 radical (unpaired) electrons. The van der Waals surface area contributed by atoms with Gasteiger partial charge in [0.05, 0.1) is 0 Å². The zero-order valence-electron chi connectivity index (χ0n) is 12.1. The first-order valence-electron chi connectivity index (χ1n) is 7.58. The summed E-state index contributed by atoms with van der Waals surface area (Å²) in [5.41, 5.74) is 1.95. The number of Topliss-reactive ketones (excluding diaryl/α,β-unsaturated/α-hetero) is 1. The summed E-state index contributed by atoms with van der Waals surface area (Å²) in [6, 6.07) is 7.91. The second-order valence-corrected chi connectivity index (χ2v) is 5.76. The summed E-state index contributed by atoms with van der Waals surface area (Å²) in [7, 11) is 0. The molecule has 1 aliphatic rings. The molecule has 19 heavy (non-hydrogen) atoms. The van der Waals surface area contributed by atoms with E-state index in [-0.39, 0.29) is 5.78 Å². The lowest BCUT2D eigenvalue weighted by molar-refractivity contribution is 0.0988. The Kier molecular flexibility index (Phi) is 5.00. The maximum Gasteiger partial charge on any atom is 0.162 e. The zero-order chi connectivity index (χ0) is 13.7. The number of anilines is 1. The Hall–Kier alpha value is -1.31. The lowest BCUT2D eigenvalue weighted by Crippen LogP contribution is -2.24. The van der Waals surface area contributed by atoms with Crippen molar-refractivity contribution in [1.82, 2.24) is 0 Å². The van der Waals surface area contributed by atoms with Gasteiger partial charge in [0.25, 0.3) is 0 Å². The summed E-state index contributed by atoms with van der Waals surface area (Å²) in [6.45, 7) is 5.33. The van der Waals surface area contributed by atoms with Crippen LogP contribution in [0, 0.1) is 11.8 Å². The molecule has 2 heteroatoms. The first kappa shape index (κ1) is 14.1. The zero-order valence-corrected chi connectivity index (χ0v) is 12.1. The highest BCUT2D eigenvalue weighted by Gasteiger charge is 2.20. The van der Waals surface area contributed by atoms with Crippen molar-refractivity contribution in [2.75, 3.05) is 11.9 Å². The minimum atomic E-state index is 0.215. The number of hydrogen-bond acceptors (Lipinski definition) is 2. The summed E-state index contributed by atoms with van der Waals surface area (Å²) < 4.78 is 0. The molecule has 1 saturated carbocycles. The van der Waals surface area contributed by atoms with Crippen molar-refractivity contribution in [1.29, 1.82) is 0 Å². The molecule has 2 rings (SSSR count). The Balaban J connectivity index is 1.87. The van der Waals surface area contributed by atoms with E-state index in [0.29, 0.717) is 6.42 Å². The number of rotatable bonds is 5. The summed E-state index contributed by atoms with van der Waals surface area (Å²) in [4.78, 5) is 11.6. The van der Waals surface area contributed by atoms with Gasteiger partial charge in [-0.25, -0.2) is 0 Å². The first-order chi connectivity index (χ1) is 9.20. The number of carbonyl (C=O) groups is 1. The van der Waals surface area contributed by atoms with Gasteiger partial charge in [0.2, 0.25) is 0 Å². The minimum absolute atomic E-state index is 0.215. The van der Waals surface area contributed by atoms with Crippen molar-refractivity contribution in [2.45, 2.75) is 46.0 Å². The van der Waals surface area contributed by atoms with E-state index in [1.807, 2.05) is 31.2 Å². The van der Waals surface area contributed by atoms with Gasteiger partial charge in [0.1, 0.15) is 0 Å². The number of benzene rings is 1. The molecule has 0 saturated heterocycles. The second kappa shape index (κ2) is 6.74. The Labute approximate surface area is 116 Å². The van der Waals surface area contributed by atoms with Crippen LogP contribution < -0.4 is 5.32 Å². The highest BCUT2D eigenvalue weighted by Crippen LogP contribution is 2.29. The quantitative estimate of drug-likeness (QED) is 0.788. The van der Waals surface area contributed by atoms with Gasteiger partial charge in [-0.15, -0.1) is 0 Å². The van der Waals surface area contributed by atoms with Crippen LogP contribution in [0.25, 0.3) is 0 Å². The van der Waals surface area contributed by atoms with Crippen LogP contribution in [0.5, 0.6) is 0 Å². The third-order valence-electron chi connectivity index (χ3n) is 4.39. The normalized spacial score (nSPS) is 23.1. The molecule has 2 unspecified atom stereocenters. The summed E-state index contributed by atoms with van der Waals surface area (Å²) in [5, 5.41) is 3.52. The van der Waals surface area contributed by atoms with E-state index in [9.17, 15) is 4.79 Å². The van der Waals surface area contributed by atoms with Gasteiger partial charge in [-0.3, -0.25) is 4.79 Å². The maximum absolute atomic E-state index is 11.6. The molecule has 2 atom stereocenters. The summed E-state index contributed by atoms with van der Waals surface area (Å²) in [5.74, 6) is 1.85. The molecule has 104 valence electrons. The van der Waals surface area contributed by atoms with Gasteiger partial charge >= 0.3 is 0 Å². The summed E-state index contributed by atoms with van der Waals surface area (Å²) >= 11 is 0. The van der Waals surface area contributed by atoms with Crippen LogP contribution in [0.3, 0.4) is 0 Å². The lowest BCUT2D eigenvalue weighted by atomic mass is 9.80. The van der Waals surface area contributed by atoms with Crippen LogP contribution in [0.15, 0.2) is 24.3 Å². The van der Waals surface area contributed by atoms with Crippen LogP contribution >= 0.6 is 0 Å². The van der Waals surface area contributed by atoms with Gasteiger partial charge in [-0.05, 0) is 42.5 Å². The third kappa shape index (κ3) is 3.82. The van der Waals surface area contributed by atoms with E-state index in [0.717, 1.165) is 29.6 Å². The van der Waals surface area contributed by atoms with Crippen molar-refractivity contribution in [3.05, 3.63) is 29.8 Å². The average Bonchev–Trinajstić information content (AvgIpc) is 2.46. The molecule has 1 aromatic carbocycles. The average molecular weight is 259 g/mol. The molecule has 1 fully saturated rings. The molecular weight excluding hydrogens is 234 g/mol. The molecule has 1 aliphatic carbocycles.